The van der Waals surface area contributed by atoms with Crippen LogP contribution in [0.5, 0.6) is 0 Å². The number of nitrogens with zero attached hydrogens (tertiary/aromatic N) is 2. The molecular weight excluding hydrogens is 236 g/mol. The number of pyridine rings is 1. The van der Waals surface area contributed by atoms with Crippen LogP contribution in [-0.4, -0.2) is 23.0 Å². The molecule has 0 unspecified atom stereocenters. The first kappa shape index (κ1) is 12.0. The summed E-state index contributed by atoms with van der Waals surface area (Å²) in [7, 11) is 1.36. The number of hydrogen-bond donors (Lipinski definition) is 0. The van der Waals surface area contributed by atoms with Gasteiger partial charge < -0.3 is 4.74 Å². The normalized spacial score (nSPS) is 11.8. The molecule has 0 saturated heterocycles. The van der Waals surface area contributed by atoms with Crippen LogP contribution >= 0.6 is 11.3 Å². The van der Waals surface area contributed by atoms with Gasteiger partial charge in [-0.3, -0.25) is 0 Å². The molecule has 0 aliphatic rings. The number of carbonyl (C=O) groups excluding carboxylic acids is 1. The number of rotatable bonds is 1. The number of carbonyl (C=O) groups is 1. The molecule has 0 spiro atoms. The number of hydrogen-bond acceptors (Lipinski definition) is 5. The Morgan fingerprint density at radius 2 is 2.12 bits per heavy atom. The number of aromatic nitrogens is 2. The lowest BCUT2D eigenvalue weighted by Gasteiger charge is -2.12. The Kier molecular flexibility index (Phi) is 2.87. The van der Waals surface area contributed by atoms with Gasteiger partial charge in [-0.25, -0.2) is 14.8 Å². The maximum atomic E-state index is 11.4. The predicted molar refractivity (Wildman–Crippen MR) is 67.5 cm³/mol. The minimum Gasteiger partial charge on any atom is -0.465 e. The average Bonchev–Trinajstić information content (AvgIpc) is 2.70. The molecule has 0 amide bonds. The molecule has 2 aromatic rings. The van der Waals surface area contributed by atoms with Crippen molar-refractivity contribution in [2.75, 3.05) is 7.11 Å². The Bertz CT molecular complexity index is 569. The van der Waals surface area contributed by atoms with E-state index in [1.807, 2.05) is 0 Å². The minimum absolute atomic E-state index is 0.00318. The second-order valence-electron chi connectivity index (χ2n) is 4.81. The van der Waals surface area contributed by atoms with Crippen LogP contribution in [0.1, 0.15) is 36.1 Å². The monoisotopic (exact) mass is 250 g/mol. The lowest BCUT2D eigenvalue weighted by molar-refractivity contribution is 0.0600. The molecule has 5 heteroatoms. The summed E-state index contributed by atoms with van der Waals surface area (Å²) in [5.41, 5.74) is 1.15. The SMILES string of the molecule is COC(=O)c1cnc2nc(C(C)(C)C)sc2c1. The third-order valence-electron chi connectivity index (χ3n) is 2.31. The molecule has 90 valence electrons. The van der Waals surface area contributed by atoms with Crippen molar-refractivity contribution in [1.29, 1.82) is 0 Å². The molecule has 0 fully saturated rings. The van der Waals surface area contributed by atoms with Crippen molar-refractivity contribution in [2.24, 2.45) is 0 Å². The molecule has 0 N–H and O–H groups in total. The van der Waals surface area contributed by atoms with Crippen LogP contribution in [0, 0.1) is 0 Å². The number of thiazole rings is 1. The van der Waals surface area contributed by atoms with Gasteiger partial charge in [0, 0.05) is 11.6 Å². The summed E-state index contributed by atoms with van der Waals surface area (Å²) in [6, 6.07) is 1.78. The molecule has 0 bridgehead atoms. The molecular formula is C12H14N2O2S. The fourth-order valence-electron chi connectivity index (χ4n) is 1.37. The van der Waals surface area contributed by atoms with Gasteiger partial charge in [0.25, 0.3) is 0 Å². The Morgan fingerprint density at radius 1 is 1.41 bits per heavy atom. The van der Waals surface area contributed by atoms with Gasteiger partial charge >= 0.3 is 5.97 Å². The fourth-order valence-corrected chi connectivity index (χ4v) is 2.39. The summed E-state index contributed by atoms with van der Waals surface area (Å²) < 4.78 is 5.58. The Morgan fingerprint density at radius 3 is 2.71 bits per heavy atom. The first-order valence-electron chi connectivity index (χ1n) is 5.27. The molecule has 0 radical (unpaired) electrons. The molecule has 0 aliphatic carbocycles. The van der Waals surface area contributed by atoms with Crippen LogP contribution in [0.4, 0.5) is 0 Å². The molecule has 2 heterocycles. The molecule has 17 heavy (non-hydrogen) atoms. The van der Waals surface area contributed by atoms with Gasteiger partial charge in [0.05, 0.1) is 17.4 Å². The van der Waals surface area contributed by atoms with E-state index in [1.54, 1.807) is 17.4 Å². The maximum absolute atomic E-state index is 11.4. The molecule has 0 aliphatic heterocycles. The van der Waals surface area contributed by atoms with E-state index in [0.29, 0.717) is 11.2 Å². The van der Waals surface area contributed by atoms with E-state index >= 15 is 0 Å². The van der Waals surface area contributed by atoms with Gasteiger partial charge in [-0.2, -0.15) is 0 Å². The van der Waals surface area contributed by atoms with E-state index in [4.69, 9.17) is 0 Å². The highest BCUT2D eigenvalue weighted by Gasteiger charge is 2.20. The largest absolute Gasteiger partial charge is 0.465 e. The summed E-state index contributed by atoms with van der Waals surface area (Å²) in [6.45, 7) is 6.31. The van der Waals surface area contributed by atoms with Crippen molar-refractivity contribution in [3.05, 3.63) is 22.8 Å². The summed E-state index contributed by atoms with van der Waals surface area (Å²) >= 11 is 1.56. The van der Waals surface area contributed by atoms with Crippen molar-refractivity contribution in [3.63, 3.8) is 0 Å². The third kappa shape index (κ3) is 2.29. The number of ether oxygens (including phenoxy) is 1. The fraction of sp³-hybridized carbons (Fsp3) is 0.417. The van der Waals surface area contributed by atoms with E-state index < -0.39 is 0 Å². The third-order valence-corrected chi connectivity index (χ3v) is 3.73. The van der Waals surface area contributed by atoms with Crippen LogP contribution < -0.4 is 0 Å². The van der Waals surface area contributed by atoms with Crippen LogP contribution in [0.3, 0.4) is 0 Å². The second-order valence-corrected chi connectivity index (χ2v) is 5.84. The van der Waals surface area contributed by atoms with Gasteiger partial charge in [-0.05, 0) is 6.07 Å². The number of methoxy groups -OCH3 is 1. The summed E-state index contributed by atoms with van der Waals surface area (Å²) in [6.07, 6.45) is 1.50. The van der Waals surface area contributed by atoms with Gasteiger partial charge in [0.2, 0.25) is 0 Å². The second kappa shape index (κ2) is 4.07. The minimum atomic E-state index is -0.370. The number of fused-ring (bicyclic) bond motifs is 1. The van der Waals surface area contributed by atoms with Gasteiger partial charge in [0.15, 0.2) is 5.65 Å². The lowest BCUT2D eigenvalue weighted by Crippen LogP contribution is -2.09. The first-order chi connectivity index (χ1) is 7.91. The van der Waals surface area contributed by atoms with Gasteiger partial charge in [0.1, 0.15) is 5.01 Å². The summed E-state index contributed by atoms with van der Waals surface area (Å²) in [5.74, 6) is -0.370. The van der Waals surface area contributed by atoms with E-state index in [0.717, 1.165) is 9.71 Å². The van der Waals surface area contributed by atoms with Gasteiger partial charge in [-0.1, -0.05) is 20.8 Å². The Hall–Kier alpha value is -1.49. The predicted octanol–water partition coefficient (Wildman–Crippen LogP) is 2.78. The summed E-state index contributed by atoms with van der Waals surface area (Å²) in [4.78, 5) is 20.0. The zero-order valence-electron chi connectivity index (χ0n) is 10.3. The standard InChI is InChI=1S/C12H14N2O2S/c1-12(2,3)11-14-9-8(17-11)5-7(6-13-9)10(15)16-4/h5-6H,1-4H3. The topological polar surface area (TPSA) is 52.1 Å². The van der Waals surface area contributed by atoms with E-state index in [1.165, 1.54) is 13.3 Å². The smallest absolute Gasteiger partial charge is 0.339 e. The zero-order valence-corrected chi connectivity index (χ0v) is 11.1. The number of esters is 1. The quantitative estimate of drug-likeness (QED) is 0.730. The molecule has 4 nitrogen and oxygen atoms in total. The Labute approximate surface area is 104 Å². The van der Waals surface area contributed by atoms with Crippen molar-refractivity contribution >= 4 is 27.7 Å². The van der Waals surface area contributed by atoms with Crippen molar-refractivity contribution in [1.82, 2.24) is 9.97 Å². The van der Waals surface area contributed by atoms with Crippen LogP contribution in [0.15, 0.2) is 12.3 Å². The highest BCUT2D eigenvalue weighted by Crippen LogP contribution is 2.30. The van der Waals surface area contributed by atoms with Crippen LogP contribution in [-0.2, 0) is 10.2 Å². The molecule has 0 atom stereocenters. The van der Waals surface area contributed by atoms with Crippen molar-refractivity contribution < 1.29 is 9.53 Å². The lowest BCUT2D eigenvalue weighted by atomic mass is 9.98. The molecule has 2 rings (SSSR count). The summed E-state index contributed by atoms with van der Waals surface area (Å²) in [5, 5.41) is 1.02. The van der Waals surface area contributed by atoms with Gasteiger partial charge in [-0.15, -0.1) is 11.3 Å². The van der Waals surface area contributed by atoms with Crippen molar-refractivity contribution in [3.8, 4) is 0 Å². The van der Waals surface area contributed by atoms with E-state index in [9.17, 15) is 4.79 Å². The zero-order chi connectivity index (χ0) is 12.6. The Balaban J connectivity index is 2.52. The van der Waals surface area contributed by atoms with Crippen LogP contribution in [0.25, 0.3) is 10.3 Å². The molecule has 0 aromatic carbocycles. The maximum Gasteiger partial charge on any atom is 0.339 e. The molecule has 2 aromatic heterocycles. The van der Waals surface area contributed by atoms with E-state index in [-0.39, 0.29) is 11.4 Å². The first-order valence-corrected chi connectivity index (χ1v) is 6.09. The average molecular weight is 250 g/mol. The van der Waals surface area contributed by atoms with E-state index in [2.05, 4.69) is 35.5 Å². The van der Waals surface area contributed by atoms with Crippen LogP contribution in [0.2, 0.25) is 0 Å². The highest BCUT2D eigenvalue weighted by molar-refractivity contribution is 7.18. The van der Waals surface area contributed by atoms with Crippen molar-refractivity contribution in [2.45, 2.75) is 26.2 Å². The molecule has 0 saturated carbocycles. The highest BCUT2D eigenvalue weighted by atomic mass is 32.1.